The van der Waals surface area contributed by atoms with Crippen molar-refractivity contribution in [1.82, 2.24) is 0 Å². The Hall–Kier alpha value is -1.31. The van der Waals surface area contributed by atoms with Crippen LogP contribution in [0.3, 0.4) is 0 Å². The summed E-state index contributed by atoms with van der Waals surface area (Å²) in [6, 6.07) is 4.79. The van der Waals surface area contributed by atoms with E-state index in [1.165, 1.54) is 11.6 Å². The van der Waals surface area contributed by atoms with Crippen LogP contribution in [0.1, 0.15) is 12.5 Å². The highest BCUT2D eigenvalue weighted by atomic mass is 19.1. The van der Waals surface area contributed by atoms with Gasteiger partial charge in [0.2, 0.25) is 0 Å². The van der Waals surface area contributed by atoms with Crippen molar-refractivity contribution in [1.29, 1.82) is 0 Å². The largest absolute Gasteiger partial charge is 0.381 e. The van der Waals surface area contributed by atoms with E-state index in [-0.39, 0.29) is 5.82 Å². The first-order chi connectivity index (χ1) is 5.75. The number of nitrogens with one attached hydrogen (secondary N) is 1. The molecule has 1 nitrogen and oxygen atoms in total. The maximum atomic E-state index is 12.8. The summed E-state index contributed by atoms with van der Waals surface area (Å²) in [6.45, 7) is 2.89. The zero-order valence-electron chi connectivity index (χ0n) is 6.89. The molecule has 0 aliphatic carbocycles. The lowest BCUT2D eigenvalue weighted by atomic mass is 10.1. The second kappa shape index (κ2) is 2.63. The normalized spacial score (nSPS) is 14.7. The Bertz CT molecular complexity index is 342. The highest BCUT2D eigenvalue weighted by Gasteiger charge is 2.06. The summed E-state index contributed by atoms with van der Waals surface area (Å²) < 4.78 is 12.8. The summed E-state index contributed by atoms with van der Waals surface area (Å²) in [5.74, 6) is -0.179. The van der Waals surface area contributed by atoms with Gasteiger partial charge in [-0.25, -0.2) is 4.39 Å². The Labute approximate surface area is 70.9 Å². The fourth-order valence-corrected chi connectivity index (χ4v) is 1.37. The predicted octanol–water partition coefficient (Wildman–Crippen LogP) is 2.65. The first kappa shape index (κ1) is 7.35. The van der Waals surface area contributed by atoms with Crippen LogP contribution < -0.4 is 5.32 Å². The van der Waals surface area contributed by atoms with Crippen molar-refractivity contribution >= 4 is 11.8 Å². The Kier molecular flexibility index (Phi) is 1.61. The van der Waals surface area contributed by atoms with Crippen LogP contribution in [0.2, 0.25) is 0 Å². The SMILES string of the molecule is CC1=Cc2cc(F)ccc2NC1. The number of fused-ring (bicyclic) bond motifs is 1. The lowest BCUT2D eigenvalue weighted by Crippen LogP contribution is -2.08. The van der Waals surface area contributed by atoms with Gasteiger partial charge in [-0.1, -0.05) is 11.6 Å². The Morgan fingerprint density at radius 1 is 1.42 bits per heavy atom. The van der Waals surface area contributed by atoms with Gasteiger partial charge in [-0.05, 0) is 25.1 Å². The first-order valence-corrected chi connectivity index (χ1v) is 3.96. The molecule has 0 atom stereocenters. The highest BCUT2D eigenvalue weighted by Crippen LogP contribution is 2.23. The highest BCUT2D eigenvalue weighted by molar-refractivity contribution is 5.71. The molecule has 2 rings (SSSR count). The van der Waals surface area contributed by atoms with Crippen LogP contribution in [-0.2, 0) is 0 Å². The molecule has 1 N–H and O–H groups in total. The van der Waals surface area contributed by atoms with E-state index >= 15 is 0 Å². The van der Waals surface area contributed by atoms with Crippen molar-refractivity contribution in [3.05, 3.63) is 35.2 Å². The molecule has 1 aliphatic rings. The van der Waals surface area contributed by atoms with E-state index in [9.17, 15) is 4.39 Å². The van der Waals surface area contributed by atoms with Gasteiger partial charge in [-0.3, -0.25) is 0 Å². The molecular weight excluding hydrogens is 153 g/mol. The molecule has 0 bridgehead atoms. The van der Waals surface area contributed by atoms with Crippen molar-refractivity contribution in [3.63, 3.8) is 0 Å². The van der Waals surface area contributed by atoms with Gasteiger partial charge >= 0.3 is 0 Å². The average Bonchev–Trinajstić information content (AvgIpc) is 2.03. The first-order valence-electron chi connectivity index (χ1n) is 3.96. The molecular formula is C10H10FN. The number of benzene rings is 1. The van der Waals surface area contributed by atoms with Gasteiger partial charge in [-0.15, -0.1) is 0 Å². The van der Waals surface area contributed by atoms with Crippen molar-refractivity contribution in [2.75, 3.05) is 11.9 Å². The van der Waals surface area contributed by atoms with Gasteiger partial charge in [0.1, 0.15) is 5.82 Å². The number of rotatable bonds is 0. The van der Waals surface area contributed by atoms with E-state index in [2.05, 4.69) is 5.32 Å². The molecule has 0 saturated heterocycles. The number of anilines is 1. The molecule has 0 unspecified atom stereocenters. The van der Waals surface area contributed by atoms with Crippen LogP contribution in [-0.4, -0.2) is 6.54 Å². The second-order valence-corrected chi connectivity index (χ2v) is 3.08. The van der Waals surface area contributed by atoms with E-state index in [4.69, 9.17) is 0 Å². The van der Waals surface area contributed by atoms with E-state index in [0.717, 1.165) is 17.8 Å². The quantitative estimate of drug-likeness (QED) is 0.620. The molecule has 0 saturated carbocycles. The summed E-state index contributed by atoms with van der Waals surface area (Å²) in [5.41, 5.74) is 3.19. The van der Waals surface area contributed by atoms with E-state index < -0.39 is 0 Å². The zero-order chi connectivity index (χ0) is 8.55. The van der Waals surface area contributed by atoms with E-state index in [1.807, 2.05) is 13.0 Å². The van der Waals surface area contributed by atoms with Crippen LogP contribution in [0.4, 0.5) is 10.1 Å². The molecule has 2 heteroatoms. The van der Waals surface area contributed by atoms with Gasteiger partial charge in [0.15, 0.2) is 0 Å². The van der Waals surface area contributed by atoms with Crippen LogP contribution in [0.15, 0.2) is 23.8 Å². The molecule has 0 aromatic heterocycles. The lowest BCUT2D eigenvalue weighted by molar-refractivity contribution is 0.627. The van der Waals surface area contributed by atoms with Crippen molar-refractivity contribution in [2.45, 2.75) is 6.92 Å². The Balaban J connectivity index is 2.53. The monoisotopic (exact) mass is 163 g/mol. The van der Waals surface area contributed by atoms with Gasteiger partial charge in [0.05, 0.1) is 0 Å². The summed E-state index contributed by atoms with van der Waals surface area (Å²) in [6.07, 6.45) is 2.01. The average molecular weight is 163 g/mol. The van der Waals surface area contributed by atoms with Gasteiger partial charge in [0.25, 0.3) is 0 Å². The van der Waals surface area contributed by atoms with Gasteiger partial charge in [-0.2, -0.15) is 0 Å². The molecule has 1 aromatic carbocycles. The molecule has 62 valence electrons. The lowest BCUT2D eigenvalue weighted by Gasteiger charge is -2.15. The number of halogens is 1. The third kappa shape index (κ3) is 1.20. The standard InChI is InChI=1S/C10H10FN/c1-7-4-8-5-9(11)2-3-10(8)12-6-7/h2-5,12H,6H2,1H3. The summed E-state index contributed by atoms with van der Waals surface area (Å²) >= 11 is 0. The maximum Gasteiger partial charge on any atom is 0.123 e. The fourth-order valence-electron chi connectivity index (χ4n) is 1.37. The van der Waals surface area contributed by atoms with Crippen molar-refractivity contribution < 1.29 is 4.39 Å². The summed E-state index contributed by atoms with van der Waals surface area (Å²) in [7, 11) is 0. The Morgan fingerprint density at radius 2 is 2.25 bits per heavy atom. The van der Waals surface area contributed by atoms with E-state index in [1.54, 1.807) is 12.1 Å². The van der Waals surface area contributed by atoms with Crippen LogP contribution in [0.25, 0.3) is 6.08 Å². The number of hydrogen-bond donors (Lipinski definition) is 1. The van der Waals surface area contributed by atoms with E-state index in [0.29, 0.717) is 0 Å². The van der Waals surface area contributed by atoms with Gasteiger partial charge in [0, 0.05) is 17.8 Å². The molecule has 12 heavy (non-hydrogen) atoms. The smallest absolute Gasteiger partial charge is 0.123 e. The number of hydrogen-bond acceptors (Lipinski definition) is 1. The minimum absolute atomic E-state index is 0.179. The molecule has 1 heterocycles. The topological polar surface area (TPSA) is 12.0 Å². The van der Waals surface area contributed by atoms with Crippen molar-refractivity contribution in [3.8, 4) is 0 Å². The van der Waals surface area contributed by atoms with Crippen LogP contribution >= 0.6 is 0 Å². The molecule has 0 amide bonds. The minimum Gasteiger partial charge on any atom is -0.381 e. The summed E-state index contributed by atoms with van der Waals surface area (Å²) in [4.78, 5) is 0. The minimum atomic E-state index is -0.179. The molecule has 1 aliphatic heterocycles. The maximum absolute atomic E-state index is 12.8. The third-order valence-electron chi connectivity index (χ3n) is 1.97. The fraction of sp³-hybridized carbons (Fsp3) is 0.200. The molecule has 0 fully saturated rings. The molecule has 0 spiro atoms. The molecule has 1 aromatic rings. The predicted molar refractivity (Wildman–Crippen MR) is 48.5 cm³/mol. The van der Waals surface area contributed by atoms with Crippen molar-refractivity contribution in [2.24, 2.45) is 0 Å². The third-order valence-corrected chi connectivity index (χ3v) is 1.97. The van der Waals surface area contributed by atoms with Crippen LogP contribution in [0.5, 0.6) is 0 Å². The van der Waals surface area contributed by atoms with Crippen LogP contribution in [0, 0.1) is 5.82 Å². The van der Waals surface area contributed by atoms with Gasteiger partial charge < -0.3 is 5.32 Å². The second-order valence-electron chi connectivity index (χ2n) is 3.08. The molecule has 0 radical (unpaired) electrons. The summed E-state index contributed by atoms with van der Waals surface area (Å²) in [5, 5.41) is 3.20. The zero-order valence-corrected chi connectivity index (χ0v) is 6.89. The Morgan fingerprint density at radius 3 is 3.08 bits per heavy atom.